The molecule has 12 heteroatoms. The fraction of sp³-hybridized carbons (Fsp3) is 0.375. The molecule has 2 N–H and O–H groups in total. The van der Waals surface area contributed by atoms with Crippen LogP contribution in [-0.4, -0.2) is 29.1 Å². The van der Waals surface area contributed by atoms with Crippen molar-refractivity contribution >= 4 is 19.2 Å². The molecule has 0 unspecified atom stereocenters. The number of thiazole rings is 1. The molecule has 4 aromatic rings. The van der Waals surface area contributed by atoms with Gasteiger partial charge >= 0.3 is 7.82 Å². The van der Waals surface area contributed by atoms with E-state index in [1.165, 1.54) is 28.3 Å². The van der Waals surface area contributed by atoms with Crippen LogP contribution >= 0.6 is 19.2 Å². The molecule has 0 radical (unpaired) electrons. The number of phosphoric acid groups is 1. The van der Waals surface area contributed by atoms with Gasteiger partial charge in [0.2, 0.25) is 6.73 Å². The first-order valence-corrected chi connectivity index (χ1v) is 13.8. The summed E-state index contributed by atoms with van der Waals surface area (Å²) in [5.41, 5.74) is 4.43. The molecule has 0 saturated heterocycles. The first kappa shape index (κ1) is 26.4. The highest BCUT2D eigenvalue weighted by atomic mass is 32.1. The fourth-order valence-corrected chi connectivity index (χ4v) is 4.84. The van der Waals surface area contributed by atoms with Gasteiger partial charge in [-0.2, -0.15) is 9.67 Å². The number of aromatic nitrogens is 5. The molecule has 0 bridgehead atoms. The quantitative estimate of drug-likeness (QED) is 0.255. The minimum absolute atomic E-state index is 0.0350. The fourth-order valence-electron chi connectivity index (χ4n) is 3.75. The van der Waals surface area contributed by atoms with Crippen LogP contribution in [0.25, 0.3) is 16.9 Å². The summed E-state index contributed by atoms with van der Waals surface area (Å²) in [6.07, 6.45) is 3.83. The van der Waals surface area contributed by atoms with Gasteiger partial charge in [-0.1, -0.05) is 20.8 Å². The van der Waals surface area contributed by atoms with Crippen LogP contribution in [0.3, 0.4) is 0 Å². The molecule has 0 amide bonds. The van der Waals surface area contributed by atoms with E-state index in [1.54, 1.807) is 29.8 Å². The van der Waals surface area contributed by atoms with Crippen LogP contribution in [0.2, 0.25) is 0 Å². The molecule has 4 rings (SSSR count). The summed E-state index contributed by atoms with van der Waals surface area (Å²) >= 11 is 1.53. The van der Waals surface area contributed by atoms with Crippen molar-refractivity contribution in [1.82, 2.24) is 19.3 Å². The van der Waals surface area contributed by atoms with Crippen molar-refractivity contribution in [1.29, 1.82) is 0 Å². The largest absolute Gasteiger partial charge is 0.472 e. The van der Waals surface area contributed by atoms with E-state index in [0.29, 0.717) is 29.1 Å². The van der Waals surface area contributed by atoms with Gasteiger partial charge in [0.25, 0.3) is 6.33 Å². The monoisotopic (exact) mass is 534 g/mol. The predicted molar refractivity (Wildman–Crippen MR) is 134 cm³/mol. The SMILES string of the molecule is CCn1nc(C(C)(C)C)cc1Cc1nc(-c2ccc(-[n+]3cc(C)n(COP(=O)(O)O)c3)c(F)c2)cs1. The molecule has 3 heterocycles. The van der Waals surface area contributed by atoms with E-state index in [-0.39, 0.29) is 12.1 Å². The smallest absolute Gasteiger partial charge is 0.303 e. The van der Waals surface area contributed by atoms with Crippen LogP contribution in [0, 0.1) is 12.7 Å². The highest BCUT2D eigenvalue weighted by Gasteiger charge is 2.22. The molecule has 36 heavy (non-hydrogen) atoms. The van der Waals surface area contributed by atoms with E-state index < -0.39 is 13.6 Å². The average molecular weight is 535 g/mol. The van der Waals surface area contributed by atoms with Gasteiger partial charge in [-0.3, -0.25) is 4.68 Å². The number of benzene rings is 1. The van der Waals surface area contributed by atoms with Gasteiger partial charge in [0.05, 0.1) is 16.4 Å². The molecule has 0 aliphatic rings. The number of hydrogen-bond acceptors (Lipinski definition) is 5. The van der Waals surface area contributed by atoms with Crippen LogP contribution in [0.1, 0.15) is 49.8 Å². The molecule has 9 nitrogen and oxygen atoms in total. The maximum atomic E-state index is 15.1. The van der Waals surface area contributed by atoms with E-state index in [4.69, 9.17) is 19.9 Å². The minimum atomic E-state index is -4.61. The second kappa shape index (κ2) is 9.99. The lowest BCUT2D eigenvalue weighted by Crippen LogP contribution is -2.29. The van der Waals surface area contributed by atoms with E-state index in [1.807, 2.05) is 10.1 Å². The van der Waals surface area contributed by atoms with Crippen LogP contribution in [0.4, 0.5) is 4.39 Å². The maximum absolute atomic E-state index is 15.1. The van der Waals surface area contributed by atoms with E-state index in [0.717, 1.165) is 22.9 Å². The molecule has 0 fully saturated rings. The van der Waals surface area contributed by atoms with Gasteiger partial charge in [0, 0.05) is 41.9 Å². The third kappa shape index (κ3) is 5.99. The summed E-state index contributed by atoms with van der Waals surface area (Å²) in [5, 5.41) is 7.59. The van der Waals surface area contributed by atoms with Gasteiger partial charge < -0.3 is 9.79 Å². The van der Waals surface area contributed by atoms with Crippen molar-refractivity contribution < 1.29 is 27.8 Å². The lowest BCUT2D eigenvalue weighted by Gasteiger charge is -2.14. The first-order valence-electron chi connectivity index (χ1n) is 11.4. The van der Waals surface area contributed by atoms with Crippen molar-refractivity contribution in [2.75, 3.05) is 0 Å². The van der Waals surface area contributed by atoms with Crippen molar-refractivity contribution in [2.45, 2.75) is 59.7 Å². The summed E-state index contributed by atoms with van der Waals surface area (Å²) in [7, 11) is -4.61. The highest BCUT2D eigenvalue weighted by Crippen LogP contribution is 2.36. The summed E-state index contributed by atoms with van der Waals surface area (Å²) in [4.78, 5) is 22.6. The Kier molecular flexibility index (Phi) is 7.32. The summed E-state index contributed by atoms with van der Waals surface area (Å²) in [6, 6.07) is 7.03. The molecular weight excluding hydrogens is 504 g/mol. The van der Waals surface area contributed by atoms with Crippen molar-refractivity contribution in [3.8, 4) is 16.9 Å². The second-order valence-electron chi connectivity index (χ2n) is 9.57. The third-order valence-electron chi connectivity index (χ3n) is 5.74. The van der Waals surface area contributed by atoms with E-state index in [2.05, 4.69) is 38.3 Å². The summed E-state index contributed by atoms with van der Waals surface area (Å²) in [5.74, 6) is -0.445. The van der Waals surface area contributed by atoms with Crippen LogP contribution in [-0.2, 0) is 34.2 Å². The van der Waals surface area contributed by atoms with Gasteiger partial charge in [-0.05, 0) is 31.2 Å². The lowest BCUT2D eigenvalue weighted by molar-refractivity contribution is -0.597. The average Bonchev–Trinajstić information content (AvgIpc) is 3.50. The van der Waals surface area contributed by atoms with Crippen molar-refractivity contribution in [2.24, 2.45) is 0 Å². The maximum Gasteiger partial charge on any atom is 0.472 e. The number of rotatable bonds is 8. The number of imidazole rings is 1. The summed E-state index contributed by atoms with van der Waals surface area (Å²) < 4.78 is 35.6. The van der Waals surface area contributed by atoms with Crippen LogP contribution in [0.15, 0.2) is 42.2 Å². The number of hydrogen-bond donors (Lipinski definition) is 2. The Bertz CT molecular complexity index is 1430. The minimum Gasteiger partial charge on any atom is -0.303 e. The van der Waals surface area contributed by atoms with Gasteiger partial charge in [0.15, 0.2) is 11.5 Å². The van der Waals surface area contributed by atoms with Crippen molar-refractivity contribution in [3.63, 3.8) is 0 Å². The number of nitrogens with zero attached hydrogens (tertiary/aromatic N) is 5. The molecule has 192 valence electrons. The molecule has 0 aliphatic heterocycles. The van der Waals surface area contributed by atoms with Crippen LogP contribution < -0.4 is 4.57 Å². The number of aryl methyl sites for hydroxylation is 2. The topological polar surface area (TPSA) is 106 Å². The standard InChI is InChI=1S/C24H29FN5O4PS/c1-6-30-18(10-22(27-30)24(3,4)5)11-23-26-20(13-36-23)17-7-8-21(19(25)9-17)28-12-16(2)29(14-28)15-34-35(31,32)33/h7-10,12-14H,6,11,15H2,1-5H3,(H-,31,32,33)/p+1. The normalized spacial score (nSPS) is 12.4. The molecular formula is C24H30FN5O4PS+. The van der Waals surface area contributed by atoms with Crippen LogP contribution in [0.5, 0.6) is 0 Å². The zero-order valence-corrected chi connectivity index (χ0v) is 22.6. The van der Waals surface area contributed by atoms with Crippen molar-refractivity contribution in [3.05, 3.63) is 70.1 Å². The first-order chi connectivity index (χ1) is 16.8. The third-order valence-corrected chi connectivity index (χ3v) is 7.05. The van der Waals surface area contributed by atoms with Gasteiger partial charge in [-0.15, -0.1) is 11.3 Å². The Morgan fingerprint density at radius 3 is 2.64 bits per heavy atom. The Balaban J connectivity index is 1.53. The second-order valence-corrected chi connectivity index (χ2v) is 11.7. The molecule has 0 aliphatic carbocycles. The van der Waals surface area contributed by atoms with Gasteiger partial charge in [0.1, 0.15) is 11.9 Å². The molecule has 3 aromatic heterocycles. The Morgan fingerprint density at radius 1 is 1.25 bits per heavy atom. The van der Waals surface area contributed by atoms with Gasteiger partial charge in [-0.25, -0.2) is 23.0 Å². The zero-order valence-electron chi connectivity index (χ0n) is 20.8. The molecule has 1 aromatic carbocycles. The zero-order chi connectivity index (χ0) is 26.3. The Hall–Kier alpha value is -2.69. The molecule has 0 atom stereocenters. The Morgan fingerprint density at radius 2 is 2.00 bits per heavy atom. The Labute approximate surface area is 213 Å². The molecule has 0 spiro atoms. The van der Waals surface area contributed by atoms with E-state index >= 15 is 4.39 Å². The molecule has 0 saturated carbocycles. The lowest BCUT2D eigenvalue weighted by atomic mass is 9.92. The number of halogens is 1. The summed E-state index contributed by atoms with van der Waals surface area (Å²) in [6.45, 7) is 10.7. The predicted octanol–water partition coefficient (Wildman–Crippen LogP) is 4.51. The number of phosphoric ester groups is 1. The highest BCUT2D eigenvalue weighted by molar-refractivity contribution is 7.46. The van der Waals surface area contributed by atoms with E-state index in [9.17, 15) is 4.57 Å².